The van der Waals surface area contributed by atoms with Gasteiger partial charge in [0.05, 0.1) is 11.5 Å². The summed E-state index contributed by atoms with van der Waals surface area (Å²) in [4.78, 5) is -0.00706. The summed E-state index contributed by atoms with van der Waals surface area (Å²) in [6.45, 7) is 2.34. The van der Waals surface area contributed by atoms with Gasteiger partial charge in [-0.05, 0) is 31.2 Å². The van der Waals surface area contributed by atoms with Gasteiger partial charge in [-0.25, -0.2) is 8.51 Å². The SMILES string of the molecule is CCOc1ccc(S(=O)(=O)N=S(C)(=O)N(C)C)cc1. The molecule has 1 rings (SSSR count). The van der Waals surface area contributed by atoms with Crippen molar-refractivity contribution in [2.45, 2.75) is 11.8 Å². The number of hydrogen-bond donors (Lipinski definition) is 0. The molecule has 1 atom stereocenters. The molecule has 0 N–H and O–H groups in total. The lowest BCUT2D eigenvalue weighted by molar-refractivity contribution is 0.340. The molecule has 0 amide bonds. The lowest BCUT2D eigenvalue weighted by Crippen LogP contribution is -2.21. The minimum absolute atomic E-state index is 0.00706. The van der Waals surface area contributed by atoms with E-state index in [4.69, 9.17) is 4.74 Å². The molecule has 0 saturated carbocycles. The second kappa shape index (κ2) is 5.89. The van der Waals surface area contributed by atoms with Crippen molar-refractivity contribution in [3.05, 3.63) is 24.3 Å². The van der Waals surface area contributed by atoms with Crippen molar-refractivity contribution in [2.75, 3.05) is 27.0 Å². The molecule has 19 heavy (non-hydrogen) atoms. The number of hydrogen-bond acceptors (Lipinski definition) is 4. The number of benzene rings is 1. The Hall–Kier alpha value is -1.12. The van der Waals surface area contributed by atoms with Crippen LogP contribution in [0.5, 0.6) is 5.75 Å². The summed E-state index contributed by atoms with van der Waals surface area (Å²) < 4.78 is 46.0. The first-order valence-corrected chi connectivity index (χ1v) is 8.90. The monoisotopic (exact) mass is 306 g/mol. The summed E-state index contributed by atoms with van der Waals surface area (Å²) in [5, 5.41) is 0. The van der Waals surface area contributed by atoms with Gasteiger partial charge in [0, 0.05) is 20.4 Å². The van der Waals surface area contributed by atoms with E-state index in [2.05, 4.69) is 3.77 Å². The van der Waals surface area contributed by atoms with Gasteiger partial charge >= 0.3 is 0 Å². The molecular weight excluding hydrogens is 288 g/mol. The minimum Gasteiger partial charge on any atom is -0.494 e. The molecule has 0 aliphatic rings. The van der Waals surface area contributed by atoms with E-state index in [9.17, 15) is 12.6 Å². The molecule has 8 heteroatoms. The lowest BCUT2D eigenvalue weighted by Gasteiger charge is -2.11. The molecule has 0 aliphatic carbocycles. The maximum atomic E-state index is 12.0. The normalized spacial score (nSPS) is 15.0. The van der Waals surface area contributed by atoms with E-state index in [1.807, 2.05) is 6.92 Å². The van der Waals surface area contributed by atoms with E-state index in [0.717, 1.165) is 0 Å². The molecule has 0 spiro atoms. The second-order valence-corrected chi connectivity index (χ2v) is 8.30. The highest BCUT2D eigenvalue weighted by molar-refractivity contribution is 8.01. The molecule has 108 valence electrons. The van der Waals surface area contributed by atoms with E-state index in [0.29, 0.717) is 12.4 Å². The van der Waals surface area contributed by atoms with Crippen molar-refractivity contribution in [1.82, 2.24) is 4.31 Å². The quantitative estimate of drug-likeness (QED) is 0.823. The Kier molecular flexibility index (Phi) is 4.94. The molecule has 0 saturated heterocycles. The van der Waals surface area contributed by atoms with E-state index in [-0.39, 0.29) is 4.90 Å². The summed E-state index contributed by atoms with van der Waals surface area (Å²) >= 11 is 0. The average molecular weight is 306 g/mol. The van der Waals surface area contributed by atoms with Crippen molar-refractivity contribution in [3.63, 3.8) is 0 Å². The third-order valence-corrected chi connectivity index (χ3v) is 6.46. The van der Waals surface area contributed by atoms with Crippen LogP contribution in [0.2, 0.25) is 0 Å². The Morgan fingerprint density at radius 3 is 2.11 bits per heavy atom. The van der Waals surface area contributed by atoms with Crippen LogP contribution in [0.4, 0.5) is 0 Å². The molecule has 0 aromatic heterocycles. The number of rotatable bonds is 5. The highest BCUT2D eigenvalue weighted by Crippen LogP contribution is 2.19. The second-order valence-electron chi connectivity index (χ2n) is 4.03. The average Bonchev–Trinajstić information content (AvgIpc) is 2.28. The van der Waals surface area contributed by atoms with E-state index >= 15 is 0 Å². The molecule has 0 heterocycles. The summed E-state index contributed by atoms with van der Waals surface area (Å²) in [5.41, 5.74) is 0. The van der Waals surface area contributed by atoms with Gasteiger partial charge in [0.15, 0.2) is 0 Å². The number of sulfonamides is 1. The van der Waals surface area contributed by atoms with Gasteiger partial charge in [-0.2, -0.15) is 8.42 Å². The highest BCUT2D eigenvalue weighted by Gasteiger charge is 2.17. The van der Waals surface area contributed by atoms with Gasteiger partial charge in [0.25, 0.3) is 10.0 Å². The maximum Gasteiger partial charge on any atom is 0.291 e. The van der Waals surface area contributed by atoms with Crippen LogP contribution in [-0.2, 0) is 19.9 Å². The predicted octanol–water partition coefficient (Wildman–Crippen LogP) is 1.35. The van der Waals surface area contributed by atoms with Gasteiger partial charge in [-0.15, -0.1) is 0 Å². The van der Waals surface area contributed by atoms with Crippen molar-refractivity contribution < 1.29 is 17.4 Å². The topological polar surface area (TPSA) is 76.0 Å². The third kappa shape index (κ3) is 4.19. The maximum absolute atomic E-state index is 12.0. The molecule has 6 nitrogen and oxygen atoms in total. The molecule has 1 unspecified atom stereocenters. The van der Waals surface area contributed by atoms with Gasteiger partial charge < -0.3 is 4.74 Å². The largest absolute Gasteiger partial charge is 0.494 e. The van der Waals surface area contributed by atoms with Crippen molar-refractivity contribution in [2.24, 2.45) is 3.77 Å². The fourth-order valence-corrected chi connectivity index (χ4v) is 3.98. The van der Waals surface area contributed by atoms with Gasteiger partial charge in [-0.3, -0.25) is 0 Å². The Morgan fingerprint density at radius 2 is 1.68 bits per heavy atom. The zero-order valence-corrected chi connectivity index (χ0v) is 13.0. The van der Waals surface area contributed by atoms with Crippen molar-refractivity contribution in [1.29, 1.82) is 0 Å². The van der Waals surface area contributed by atoms with E-state index < -0.39 is 19.9 Å². The first kappa shape index (κ1) is 15.9. The van der Waals surface area contributed by atoms with Crippen LogP contribution in [0.15, 0.2) is 32.9 Å². The van der Waals surface area contributed by atoms with Crippen LogP contribution in [0.25, 0.3) is 0 Å². The predicted molar refractivity (Wildman–Crippen MR) is 75.0 cm³/mol. The molecule has 1 aromatic carbocycles. The molecule has 0 fully saturated rings. The molecule has 1 aromatic rings. The van der Waals surface area contributed by atoms with Crippen LogP contribution < -0.4 is 4.74 Å². The number of ether oxygens (including phenoxy) is 1. The number of nitrogens with zero attached hydrogens (tertiary/aromatic N) is 2. The lowest BCUT2D eigenvalue weighted by atomic mass is 10.3. The first-order chi connectivity index (χ1) is 8.69. The Morgan fingerprint density at radius 1 is 1.16 bits per heavy atom. The summed E-state index contributed by atoms with van der Waals surface area (Å²) in [6, 6.07) is 5.85. The van der Waals surface area contributed by atoms with Crippen LogP contribution in [0.1, 0.15) is 6.92 Å². The first-order valence-electron chi connectivity index (χ1n) is 5.58. The fraction of sp³-hybridized carbons (Fsp3) is 0.455. The van der Waals surface area contributed by atoms with E-state index in [1.165, 1.54) is 36.8 Å². The van der Waals surface area contributed by atoms with Crippen molar-refractivity contribution >= 4 is 19.9 Å². The zero-order valence-electron chi connectivity index (χ0n) is 11.4. The Balaban J connectivity index is 3.19. The smallest absolute Gasteiger partial charge is 0.291 e. The highest BCUT2D eigenvalue weighted by atomic mass is 32.3. The van der Waals surface area contributed by atoms with Crippen LogP contribution in [0.3, 0.4) is 0 Å². The van der Waals surface area contributed by atoms with Crippen LogP contribution in [0, 0.1) is 0 Å². The fourth-order valence-electron chi connectivity index (χ4n) is 1.17. The zero-order chi connectivity index (χ0) is 14.7. The molecule has 0 radical (unpaired) electrons. The van der Waals surface area contributed by atoms with Crippen LogP contribution in [-0.4, -0.2) is 43.9 Å². The summed E-state index contributed by atoms with van der Waals surface area (Å²) in [7, 11) is -3.85. The van der Waals surface area contributed by atoms with Crippen molar-refractivity contribution in [3.8, 4) is 5.75 Å². The van der Waals surface area contributed by atoms with E-state index in [1.54, 1.807) is 12.1 Å². The Labute approximate surface area is 114 Å². The Bertz CT molecular complexity index is 642. The van der Waals surface area contributed by atoms with Gasteiger partial charge in [0.2, 0.25) is 0 Å². The van der Waals surface area contributed by atoms with Gasteiger partial charge in [0.1, 0.15) is 15.7 Å². The van der Waals surface area contributed by atoms with Crippen LogP contribution >= 0.6 is 0 Å². The summed E-state index contributed by atoms with van der Waals surface area (Å²) in [5.74, 6) is 0.575. The molecular formula is C11H18N2O4S2. The van der Waals surface area contributed by atoms with Gasteiger partial charge in [-0.1, -0.05) is 3.77 Å². The standard InChI is InChI=1S/C11H18N2O4S2/c1-5-17-10-6-8-11(9-7-10)19(15,16)12-18(4,14)13(2)3/h6-9H,5H2,1-4H3. The molecule has 0 aliphatic heterocycles. The minimum atomic E-state index is -3.94. The third-order valence-electron chi connectivity index (χ3n) is 2.35. The molecule has 0 bridgehead atoms. The summed E-state index contributed by atoms with van der Waals surface area (Å²) in [6.07, 6.45) is 1.28.